The molecule has 2 aromatic rings. The van der Waals surface area contributed by atoms with Gasteiger partial charge in [-0.3, -0.25) is 14.5 Å². The number of piperazine rings is 1. The van der Waals surface area contributed by atoms with Crippen molar-refractivity contribution in [3.05, 3.63) is 41.3 Å². The molecular weight excluding hydrogens is 336 g/mol. The van der Waals surface area contributed by atoms with Crippen LogP contribution in [0.25, 0.3) is 11.3 Å². The maximum atomic E-state index is 12.3. The molecule has 1 aliphatic heterocycles. The van der Waals surface area contributed by atoms with E-state index in [-0.39, 0.29) is 11.8 Å². The summed E-state index contributed by atoms with van der Waals surface area (Å²) in [5, 5.41) is 2.95. The Morgan fingerprint density at radius 2 is 1.88 bits per heavy atom. The third-order valence-electron chi connectivity index (χ3n) is 4.33. The topological polar surface area (TPSA) is 65.5 Å². The molecule has 3 rings (SSSR count). The number of hydrogen-bond acceptors (Lipinski definition) is 5. The lowest BCUT2D eigenvalue weighted by Gasteiger charge is -2.34. The monoisotopic (exact) mass is 358 g/mol. The van der Waals surface area contributed by atoms with Gasteiger partial charge < -0.3 is 10.2 Å². The maximum Gasteiger partial charge on any atom is 0.263 e. The summed E-state index contributed by atoms with van der Waals surface area (Å²) in [5.41, 5.74) is 1.84. The third-order valence-corrected chi connectivity index (χ3v) is 5.12. The standard InChI is InChI=1S/C18H22N4O2S/c1-14(23)22-11-9-21(10-12-22)8-7-19-18(24)17-13-16(20-25-17)15-5-3-2-4-6-15/h2-6,13H,7-12H2,1H3,(H,19,24). The number of amides is 2. The van der Waals surface area contributed by atoms with E-state index in [1.807, 2.05) is 41.3 Å². The summed E-state index contributed by atoms with van der Waals surface area (Å²) in [6, 6.07) is 11.7. The molecule has 1 fully saturated rings. The average molecular weight is 358 g/mol. The lowest BCUT2D eigenvalue weighted by atomic mass is 10.1. The Labute approximate surface area is 151 Å². The van der Waals surface area contributed by atoms with Crippen molar-refractivity contribution < 1.29 is 9.59 Å². The quantitative estimate of drug-likeness (QED) is 0.884. The third kappa shape index (κ3) is 4.64. The van der Waals surface area contributed by atoms with Crippen molar-refractivity contribution in [1.82, 2.24) is 19.5 Å². The van der Waals surface area contributed by atoms with Gasteiger partial charge in [0, 0.05) is 51.8 Å². The fourth-order valence-corrected chi connectivity index (χ4v) is 3.50. The number of benzene rings is 1. The highest BCUT2D eigenvalue weighted by molar-refractivity contribution is 7.08. The predicted octanol–water partition coefficient (Wildman–Crippen LogP) is 1.70. The van der Waals surface area contributed by atoms with Gasteiger partial charge in [0.1, 0.15) is 4.88 Å². The minimum atomic E-state index is -0.0814. The van der Waals surface area contributed by atoms with Gasteiger partial charge in [0.2, 0.25) is 5.91 Å². The average Bonchev–Trinajstić information content (AvgIpc) is 3.13. The molecule has 0 bridgehead atoms. The minimum Gasteiger partial charge on any atom is -0.350 e. The Morgan fingerprint density at radius 3 is 2.56 bits per heavy atom. The molecule has 1 N–H and O–H groups in total. The highest BCUT2D eigenvalue weighted by atomic mass is 32.1. The molecule has 2 heterocycles. The van der Waals surface area contributed by atoms with Crippen LogP contribution in [0.3, 0.4) is 0 Å². The van der Waals surface area contributed by atoms with Crippen molar-refractivity contribution in [3.63, 3.8) is 0 Å². The normalized spacial score (nSPS) is 15.2. The first-order valence-electron chi connectivity index (χ1n) is 8.41. The SMILES string of the molecule is CC(=O)N1CCN(CCNC(=O)c2cc(-c3ccccc3)ns2)CC1. The number of nitrogens with zero attached hydrogens (tertiary/aromatic N) is 3. The summed E-state index contributed by atoms with van der Waals surface area (Å²) >= 11 is 1.22. The van der Waals surface area contributed by atoms with Gasteiger partial charge in [0.05, 0.1) is 5.69 Å². The van der Waals surface area contributed by atoms with Gasteiger partial charge in [0.15, 0.2) is 0 Å². The zero-order chi connectivity index (χ0) is 17.6. The number of nitrogens with one attached hydrogen (secondary N) is 1. The van der Waals surface area contributed by atoms with Crippen molar-refractivity contribution in [2.75, 3.05) is 39.3 Å². The number of rotatable bonds is 5. The van der Waals surface area contributed by atoms with Crippen LogP contribution in [0, 0.1) is 0 Å². The molecule has 1 aromatic heterocycles. The summed E-state index contributed by atoms with van der Waals surface area (Å²) in [4.78, 5) is 28.3. The second-order valence-electron chi connectivity index (χ2n) is 6.05. The summed E-state index contributed by atoms with van der Waals surface area (Å²) < 4.78 is 4.36. The predicted molar refractivity (Wildman–Crippen MR) is 98.6 cm³/mol. The van der Waals surface area contributed by atoms with Crippen molar-refractivity contribution in [2.24, 2.45) is 0 Å². The highest BCUT2D eigenvalue weighted by Gasteiger charge is 2.18. The van der Waals surface area contributed by atoms with E-state index in [4.69, 9.17) is 0 Å². The van der Waals surface area contributed by atoms with Gasteiger partial charge in [-0.25, -0.2) is 0 Å². The molecule has 6 nitrogen and oxygen atoms in total. The highest BCUT2D eigenvalue weighted by Crippen LogP contribution is 2.21. The lowest BCUT2D eigenvalue weighted by molar-refractivity contribution is -0.130. The number of hydrogen-bond donors (Lipinski definition) is 1. The van der Waals surface area contributed by atoms with Gasteiger partial charge in [-0.2, -0.15) is 4.37 Å². The van der Waals surface area contributed by atoms with Gasteiger partial charge >= 0.3 is 0 Å². The van der Waals surface area contributed by atoms with Gasteiger partial charge in [-0.15, -0.1) is 0 Å². The Balaban J connectivity index is 1.44. The van der Waals surface area contributed by atoms with Crippen LogP contribution < -0.4 is 5.32 Å². The van der Waals surface area contributed by atoms with E-state index in [0.29, 0.717) is 11.4 Å². The van der Waals surface area contributed by atoms with Crippen LogP contribution in [0.2, 0.25) is 0 Å². The first kappa shape index (κ1) is 17.6. The fourth-order valence-electron chi connectivity index (χ4n) is 2.83. The molecule has 2 amide bonds. The van der Waals surface area contributed by atoms with Crippen LogP contribution in [0.4, 0.5) is 0 Å². The second kappa shape index (κ2) is 8.22. The smallest absolute Gasteiger partial charge is 0.263 e. The van der Waals surface area contributed by atoms with E-state index < -0.39 is 0 Å². The van der Waals surface area contributed by atoms with Crippen molar-refractivity contribution in [2.45, 2.75) is 6.92 Å². The van der Waals surface area contributed by atoms with E-state index >= 15 is 0 Å². The molecule has 1 aromatic carbocycles. The van der Waals surface area contributed by atoms with Gasteiger partial charge in [-0.1, -0.05) is 30.3 Å². The van der Waals surface area contributed by atoms with Gasteiger partial charge in [0.25, 0.3) is 5.91 Å². The van der Waals surface area contributed by atoms with Crippen LogP contribution in [0.5, 0.6) is 0 Å². The second-order valence-corrected chi connectivity index (χ2v) is 6.85. The van der Waals surface area contributed by atoms with Crippen LogP contribution in [0.1, 0.15) is 16.6 Å². The van der Waals surface area contributed by atoms with E-state index in [1.165, 1.54) is 11.5 Å². The minimum absolute atomic E-state index is 0.0814. The van der Waals surface area contributed by atoms with Crippen molar-refractivity contribution in [3.8, 4) is 11.3 Å². The molecule has 7 heteroatoms. The zero-order valence-corrected chi connectivity index (χ0v) is 15.1. The fraction of sp³-hybridized carbons (Fsp3) is 0.389. The Morgan fingerprint density at radius 1 is 1.16 bits per heavy atom. The summed E-state index contributed by atoms with van der Waals surface area (Å²) in [6.45, 7) is 6.23. The molecule has 0 atom stereocenters. The summed E-state index contributed by atoms with van der Waals surface area (Å²) in [6.07, 6.45) is 0. The molecule has 25 heavy (non-hydrogen) atoms. The Bertz CT molecular complexity index is 724. The molecule has 0 spiro atoms. The summed E-state index contributed by atoms with van der Waals surface area (Å²) in [5.74, 6) is 0.0504. The molecule has 0 unspecified atom stereocenters. The number of aromatic nitrogens is 1. The number of carbonyl (C=O) groups excluding carboxylic acids is 2. The zero-order valence-electron chi connectivity index (χ0n) is 14.3. The molecular formula is C18H22N4O2S. The largest absolute Gasteiger partial charge is 0.350 e. The van der Waals surface area contributed by atoms with E-state index in [1.54, 1.807) is 6.92 Å². The van der Waals surface area contributed by atoms with Crippen LogP contribution in [-0.2, 0) is 4.79 Å². The molecule has 1 aliphatic rings. The van der Waals surface area contributed by atoms with E-state index in [2.05, 4.69) is 14.6 Å². The summed E-state index contributed by atoms with van der Waals surface area (Å²) in [7, 11) is 0. The molecule has 1 saturated heterocycles. The van der Waals surface area contributed by atoms with Crippen LogP contribution in [0.15, 0.2) is 36.4 Å². The maximum absolute atomic E-state index is 12.3. The Kier molecular flexibility index (Phi) is 5.78. The molecule has 0 aliphatic carbocycles. The van der Waals surface area contributed by atoms with E-state index in [9.17, 15) is 9.59 Å². The van der Waals surface area contributed by atoms with Gasteiger partial charge in [-0.05, 0) is 17.6 Å². The van der Waals surface area contributed by atoms with Crippen molar-refractivity contribution in [1.29, 1.82) is 0 Å². The Hall–Kier alpha value is -2.25. The van der Waals surface area contributed by atoms with Crippen LogP contribution in [-0.4, -0.2) is 65.3 Å². The first-order chi connectivity index (χ1) is 12.1. The van der Waals surface area contributed by atoms with Crippen LogP contribution >= 0.6 is 11.5 Å². The molecule has 132 valence electrons. The first-order valence-corrected chi connectivity index (χ1v) is 9.19. The molecule has 0 radical (unpaired) electrons. The molecule has 0 saturated carbocycles. The number of carbonyl (C=O) groups is 2. The van der Waals surface area contributed by atoms with E-state index in [0.717, 1.165) is 44.0 Å². The lowest BCUT2D eigenvalue weighted by Crippen LogP contribution is -2.49. The van der Waals surface area contributed by atoms with Crippen molar-refractivity contribution >= 4 is 23.3 Å².